The summed E-state index contributed by atoms with van der Waals surface area (Å²) in [5, 5.41) is 18.4. The number of amides is 1. The average molecular weight is 465 g/mol. The van der Waals surface area contributed by atoms with Gasteiger partial charge in [-0.1, -0.05) is 18.2 Å². The number of esters is 1. The van der Waals surface area contributed by atoms with E-state index >= 15 is 0 Å². The molecule has 2 heterocycles. The van der Waals surface area contributed by atoms with Gasteiger partial charge in [0.05, 0.1) is 19.4 Å². The minimum absolute atomic E-state index is 0.0195. The number of aliphatic hydroxyl groups excluding tert-OH is 1. The summed E-state index contributed by atoms with van der Waals surface area (Å²) in [5.74, 6) is -0.508. The molecular weight excluding hydrogens is 432 g/mol. The van der Waals surface area contributed by atoms with Gasteiger partial charge in [0.2, 0.25) is 0 Å². The van der Waals surface area contributed by atoms with Crippen molar-refractivity contribution in [3.63, 3.8) is 0 Å². The van der Waals surface area contributed by atoms with Crippen molar-refractivity contribution in [1.82, 2.24) is 9.91 Å². The smallest absolute Gasteiger partial charge is 0.320 e. The summed E-state index contributed by atoms with van der Waals surface area (Å²) in [4.78, 5) is 26.6. The second-order valence-electron chi connectivity index (χ2n) is 8.72. The van der Waals surface area contributed by atoms with Gasteiger partial charge in [-0.05, 0) is 66.6 Å². The van der Waals surface area contributed by atoms with Crippen molar-refractivity contribution in [2.24, 2.45) is 5.10 Å². The maximum absolute atomic E-state index is 12.8. The van der Waals surface area contributed by atoms with E-state index in [2.05, 4.69) is 15.4 Å². The third-order valence-electron chi connectivity index (χ3n) is 6.14. The van der Waals surface area contributed by atoms with Crippen LogP contribution in [-0.4, -0.2) is 72.5 Å². The number of benzene rings is 2. The molecule has 0 unspecified atom stereocenters. The summed E-state index contributed by atoms with van der Waals surface area (Å²) in [6.07, 6.45) is 6.33. The van der Waals surface area contributed by atoms with E-state index in [1.807, 2.05) is 53.6 Å². The highest BCUT2D eigenvalue weighted by Gasteiger charge is 2.20. The molecular formula is C26H32N4O4. The van der Waals surface area contributed by atoms with Crippen molar-refractivity contribution in [1.29, 1.82) is 0 Å². The van der Waals surface area contributed by atoms with E-state index in [0.717, 1.165) is 42.9 Å². The molecule has 2 aromatic rings. The Labute approximate surface area is 200 Å². The van der Waals surface area contributed by atoms with Gasteiger partial charge in [-0.2, -0.15) is 5.10 Å². The lowest BCUT2D eigenvalue weighted by molar-refractivity contribution is -0.146. The lowest BCUT2D eigenvalue weighted by Gasteiger charge is -2.28. The van der Waals surface area contributed by atoms with Crippen molar-refractivity contribution in [2.45, 2.75) is 32.2 Å². The molecule has 180 valence electrons. The van der Waals surface area contributed by atoms with Crippen LogP contribution in [0.25, 0.3) is 0 Å². The Morgan fingerprint density at radius 2 is 1.82 bits per heavy atom. The molecule has 1 fully saturated rings. The highest BCUT2D eigenvalue weighted by Crippen LogP contribution is 2.23. The molecule has 2 N–H and O–H groups in total. The third-order valence-corrected chi connectivity index (χ3v) is 6.14. The SMILES string of the molecule is O=C(CN1CCc2ccc(NC(=O)c3ccc(C=NN4CCCCC4)cc3)cc2C1)OCCO. The Morgan fingerprint density at radius 3 is 2.59 bits per heavy atom. The first-order chi connectivity index (χ1) is 16.6. The molecule has 0 radical (unpaired) electrons. The number of nitrogens with zero attached hydrogens (tertiary/aromatic N) is 3. The Balaban J connectivity index is 1.33. The largest absolute Gasteiger partial charge is 0.462 e. The van der Waals surface area contributed by atoms with Gasteiger partial charge in [0, 0.05) is 37.4 Å². The molecule has 2 aliphatic heterocycles. The summed E-state index contributed by atoms with van der Waals surface area (Å²) in [7, 11) is 0. The van der Waals surface area contributed by atoms with Gasteiger partial charge in [0.15, 0.2) is 0 Å². The summed E-state index contributed by atoms with van der Waals surface area (Å²) in [6, 6.07) is 13.4. The highest BCUT2D eigenvalue weighted by atomic mass is 16.5. The predicted molar refractivity (Wildman–Crippen MR) is 131 cm³/mol. The molecule has 0 bridgehead atoms. The van der Waals surface area contributed by atoms with E-state index in [4.69, 9.17) is 9.84 Å². The van der Waals surface area contributed by atoms with Crippen LogP contribution in [0.1, 0.15) is 46.3 Å². The normalized spacial score (nSPS) is 16.3. The van der Waals surface area contributed by atoms with E-state index in [9.17, 15) is 9.59 Å². The number of piperidine rings is 1. The first kappa shape index (κ1) is 23.9. The molecule has 1 amide bonds. The molecule has 0 atom stereocenters. The first-order valence-electron chi connectivity index (χ1n) is 11.9. The van der Waals surface area contributed by atoms with Gasteiger partial charge in [-0.3, -0.25) is 19.5 Å². The number of ether oxygens (including phenoxy) is 1. The maximum Gasteiger partial charge on any atom is 0.320 e. The van der Waals surface area contributed by atoms with Gasteiger partial charge in [-0.15, -0.1) is 0 Å². The molecule has 8 heteroatoms. The van der Waals surface area contributed by atoms with Crippen molar-refractivity contribution >= 4 is 23.8 Å². The number of hydrogen-bond donors (Lipinski definition) is 2. The Hall–Kier alpha value is -3.23. The number of aliphatic hydroxyl groups is 1. The number of carbonyl (C=O) groups excluding carboxylic acids is 2. The van der Waals surface area contributed by atoms with Gasteiger partial charge in [-0.25, -0.2) is 0 Å². The third kappa shape index (κ3) is 6.65. The standard InChI is InChI=1S/C26H32N4O4/c31-14-15-34-25(32)19-29-13-10-21-8-9-24(16-23(21)18-29)28-26(33)22-6-4-20(5-7-22)17-27-30-11-2-1-3-12-30/h4-9,16-17,31H,1-3,10-15,18-19H2,(H,28,33). The van der Waals surface area contributed by atoms with E-state index in [1.54, 1.807) is 0 Å². The number of anilines is 1. The summed E-state index contributed by atoms with van der Waals surface area (Å²) in [5.41, 5.74) is 4.58. The summed E-state index contributed by atoms with van der Waals surface area (Å²) < 4.78 is 4.96. The molecule has 0 aliphatic carbocycles. The zero-order valence-electron chi connectivity index (χ0n) is 19.4. The fraction of sp³-hybridized carbons (Fsp3) is 0.423. The fourth-order valence-corrected chi connectivity index (χ4v) is 4.28. The van der Waals surface area contributed by atoms with Crippen LogP contribution < -0.4 is 5.32 Å². The van der Waals surface area contributed by atoms with Crippen LogP contribution in [0, 0.1) is 0 Å². The quantitative estimate of drug-likeness (QED) is 0.461. The Bertz CT molecular complexity index is 1020. The Morgan fingerprint density at radius 1 is 1.03 bits per heavy atom. The predicted octanol–water partition coefficient (Wildman–Crippen LogP) is 2.65. The van der Waals surface area contributed by atoms with Crippen LogP contribution in [0.15, 0.2) is 47.6 Å². The van der Waals surface area contributed by atoms with Crippen LogP contribution in [0.2, 0.25) is 0 Å². The number of hydrogen-bond acceptors (Lipinski definition) is 7. The minimum atomic E-state index is -0.341. The molecule has 4 rings (SSSR count). The summed E-state index contributed by atoms with van der Waals surface area (Å²) in [6.45, 7) is 3.41. The van der Waals surface area contributed by atoms with E-state index in [1.165, 1.54) is 24.8 Å². The highest BCUT2D eigenvalue weighted by molar-refractivity contribution is 6.04. The number of fused-ring (bicyclic) bond motifs is 1. The zero-order chi connectivity index (χ0) is 23.8. The monoisotopic (exact) mass is 464 g/mol. The van der Waals surface area contributed by atoms with Crippen LogP contribution in [0.3, 0.4) is 0 Å². The molecule has 0 aromatic heterocycles. The summed E-state index contributed by atoms with van der Waals surface area (Å²) >= 11 is 0. The Kier molecular flexibility index (Phi) is 8.27. The van der Waals surface area contributed by atoms with Gasteiger partial charge < -0.3 is 15.2 Å². The lowest BCUT2D eigenvalue weighted by atomic mass is 9.99. The molecule has 1 saturated heterocycles. The van der Waals surface area contributed by atoms with E-state index < -0.39 is 0 Å². The first-order valence-corrected chi connectivity index (χ1v) is 11.9. The van der Waals surface area contributed by atoms with Gasteiger partial charge in [0.25, 0.3) is 5.91 Å². The number of rotatable bonds is 8. The average Bonchev–Trinajstić information content (AvgIpc) is 2.87. The molecule has 34 heavy (non-hydrogen) atoms. The maximum atomic E-state index is 12.8. The molecule has 0 spiro atoms. The molecule has 0 saturated carbocycles. The fourth-order valence-electron chi connectivity index (χ4n) is 4.28. The van der Waals surface area contributed by atoms with E-state index in [-0.39, 0.29) is 31.6 Å². The lowest BCUT2D eigenvalue weighted by Crippen LogP contribution is -2.35. The second-order valence-corrected chi connectivity index (χ2v) is 8.72. The topological polar surface area (TPSA) is 94.5 Å². The van der Waals surface area contributed by atoms with Gasteiger partial charge >= 0.3 is 5.97 Å². The molecule has 2 aliphatic rings. The van der Waals surface area contributed by atoms with Crippen molar-refractivity contribution < 1.29 is 19.4 Å². The van der Waals surface area contributed by atoms with Crippen LogP contribution in [0.5, 0.6) is 0 Å². The van der Waals surface area contributed by atoms with Gasteiger partial charge in [0.1, 0.15) is 6.61 Å². The van der Waals surface area contributed by atoms with Crippen molar-refractivity contribution in [2.75, 3.05) is 44.7 Å². The number of nitrogens with one attached hydrogen (secondary N) is 1. The van der Waals surface area contributed by atoms with Crippen molar-refractivity contribution in [3.8, 4) is 0 Å². The van der Waals surface area contributed by atoms with Crippen LogP contribution in [0.4, 0.5) is 5.69 Å². The molecule has 2 aromatic carbocycles. The zero-order valence-corrected chi connectivity index (χ0v) is 19.4. The van der Waals surface area contributed by atoms with Crippen molar-refractivity contribution in [3.05, 3.63) is 64.7 Å². The number of carbonyl (C=O) groups is 2. The van der Waals surface area contributed by atoms with E-state index in [0.29, 0.717) is 12.1 Å². The molecule has 8 nitrogen and oxygen atoms in total. The number of hydrazone groups is 1. The second kappa shape index (κ2) is 11.8. The van der Waals surface area contributed by atoms with Crippen LogP contribution >= 0.6 is 0 Å². The minimum Gasteiger partial charge on any atom is -0.462 e. The van der Waals surface area contributed by atoms with Crippen LogP contribution in [-0.2, 0) is 22.5 Å².